The fourth-order valence-electron chi connectivity index (χ4n) is 2.38. The molecule has 0 atom stereocenters. The molecule has 0 spiro atoms. The second kappa shape index (κ2) is 4.53. The number of aromatic nitrogens is 3. The van der Waals surface area contributed by atoms with Gasteiger partial charge in [0.25, 0.3) is 0 Å². The van der Waals surface area contributed by atoms with Crippen LogP contribution in [0.4, 0.5) is 0 Å². The molecule has 1 N–H and O–H groups in total. The van der Waals surface area contributed by atoms with Gasteiger partial charge < -0.3 is 9.88 Å². The molecule has 0 aromatic carbocycles. The highest BCUT2D eigenvalue weighted by Crippen LogP contribution is 2.43. The van der Waals surface area contributed by atoms with Crippen LogP contribution in [0, 0.1) is 12.3 Å². The standard InChI is InChI=1S/C12H22N4/c1-4-12(6-5-7-12)9-13-8-11-15-14-10(2)16(11)3/h13H,4-9H2,1-3H3. The average molecular weight is 222 g/mol. The average Bonchev–Trinajstić information content (AvgIpc) is 2.53. The first kappa shape index (κ1) is 11.6. The molecule has 4 nitrogen and oxygen atoms in total. The Hall–Kier alpha value is -0.900. The maximum absolute atomic E-state index is 4.16. The van der Waals surface area contributed by atoms with Crippen molar-refractivity contribution in [3.8, 4) is 0 Å². The molecule has 0 bridgehead atoms. The third kappa shape index (κ3) is 2.12. The van der Waals surface area contributed by atoms with Crippen molar-refractivity contribution in [3.63, 3.8) is 0 Å². The molecule has 0 amide bonds. The minimum absolute atomic E-state index is 0.577. The molecule has 0 saturated heterocycles. The van der Waals surface area contributed by atoms with E-state index in [0.717, 1.165) is 24.7 Å². The smallest absolute Gasteiger partial charge is 0.146 e. The van der Waals surface area contributed by atoms with Crippen LogP contribution in [0.5, 0.6) is 0 Å². The first-order chi connectivity index (χ1) is 7.67. The van der Waals surface area contributed by atoms with Crippen molar-refractivity contribution >= 4 is 0 Å². The Kier molecular flexibility index (Phi) is 3.28. The summed E-state index contributed by atoms with van der Waals surface area (Å²) in [5, 5.41) is 11.7. The van der Waals surface area contributed by atoms with E-state index in [2.05, 4.69) is 22.4 Å². The van der Waals surface area contributed by atoms with Gasteiger partial charge in [-0.15, -0.1) is 10.2 Å². The lowest BCUT2D eigenvalue weighted by molar-refractivity contribution is 0.123. The predicted molar refractivity (Wildman–Crippen MR) is 64.0 cm³/mol. The fraction of sp³-hybridized carbons (Fsp3) is 0.833. The molecule has 1 aromatic heterocycles. The Morgan fingerprint density at radius 1 is 1.38 bits per heavy atom. The topological polar surface area (TPSA) is 42.7 Å². The van der Waals surface area contributed by atoms with Gasteiger partial charge in [-0.2, -0.15) is 0 Å². The van der Waals surface area contributed by atoms with Gasteiger partial charge in [0.2, 0.25) is 0 Å². The molecule has 1 saturated carbocycles. The molecule has 1 fully saturated rings. The number of nitrogens with zero attached hydrogens (tertiary/aromatic N) is 3. The third-order valence-corrected chi connectivity index (χ3v) is 4.13. The molecule has 90 valence electrons. The van der Waals surface area contributed by atoms with Crippen LogP contribution < -0.4 is 5.32 Å². The first-order valence-electron chi connectivity index (χ1n) is 6.22. The maximum Gasteiger partial charge on any atom is 0.146 e. The van der Waals surface area contributed by atoms with Crippen molar-refractivity contribution in [1.82, 2.24) is 20.1 Å². The summed E-state index contributed by atoms with van der Waals surface area (Å²) >= 11 is 0. The van der Waals surface area contributed by atoms with Crippen LogP contribution in [0.2, 0.25) is 0 Å². The highest BCUT2D eigenvalue weighted by molar-refractivity contribution is 4.93. The Morgan fingerprint density at radius 3 is 2.56 bits per heavy atom. The van der Waals surface area contributed by atoms with Crippen LogP contribution in [0.1, 0.15) is 44.3 Å². The quantitative estimate of drug-likeness (QED) is 0.826. The van der Waals surface area contributed by atoms with E-state index in [1.165, 1.54) is 25.7 Å². The van der Waals surface area contributed by atoms with Crippen molar-refractivity contribution in [3.05, 3.63) is 11.6 Å². The molecular formula is C12H22N4. The molecule has 4 heteroatoms. The predicted octanol–water partition coefficient (Wildman–Crippen LogP) is 1.79. The van der Waals surface area contributed by atoms with Gasteiger partial charge in [0.05, 0.1) is 6.54 Å². The minimum atomic E-state index is 0.577. The van der Waals surface area contributed by atoms with E-state index < -0.39 is 0 Å². The Labute approximate surface area is 97.5 Å². The van der Waals surface area contributed by atoms with Gasteiger partial charge >= 0.3 is 0 Å². The van der Waals surface area contributed by atoms with Gasteiger partial charge in [-0.25, -0.2) is 0 Å². The first-order valence-corrected chi connectivity index (χ1v) is 6.22. The lowest BCUT2D eigenvalue weighted by atomic mass is 9.67. The van der Waals surface area contributed by atoms with Crippen LogP contribution in [0.3, 0.4) is 0 Å². The molecule has 0 aliphatic heterocycles. The Bertz CT molecular complexity index is 346. The summed E-state index contributed by atoms with van der Waals surface area (Å²) in [4.78, 5) is 0. The summed E-state index contributed by atoms with van der Waals surface area (Å²) in [6.07, 6.45) is 5.46. The van der Waals surface area contributed by atoms with Gasteiger partial charge in [0.15, 0.2) is 0 Å². The zero-order valence-corrected chi connectivity index (χ0v) is 10.6. The molecule has 16 heavy (non-hydrogen) atoms. The fourth-order valence-corrected chi connectivity index (χ4v) is 2.38. The number of nitrogens with one attached hydrogen (secondary N) is 1. The minimum Gasteiger partial charge on any atom is -0.317 e. The summed E-state index contributed by atoms with van der Waals surface area (Å²) in [6.45, 7) is 6.23. The molecule has 1 aliphatic rings. The largest absolute Gasteiger partial charge is 0.317 e. The van der Waals surface area contributed by atoms with Crippen LogP contribution >= 0.6 is 0 Å². The van der Waals surface area contributed by atoms with Gasteiger partial charge in [-0.1, -0.05) is 13.3 Å². The zero-order valence-electron chi connectivity index (χ0n) is 10.6. The normalized spacial score (nSPS) is 18.4. The highest BCUT2D eigenvalue weighted by atomic mass is 15.3. The van der Waals surface area contributed by atoms with Crippen LogP contribution in [-0.2, 0) is 13.6 Å². The van der Waals surface area contributed by atoms with Crippen molar-refractivity contribution in [2.24, 2.45) is 12.5 Å². The molecule has 1 aromatic rings. The van der Waals surface area contributed by atoms with Gasteiger partial charge in [0.1, 0.15) is 11.6 Å². The molecular weight excluding hydrogens is 200 g/mol. The van der Waals surface area contributed by atoms with E-state index in [1.54, 1.807) is 0 Å². The van der Waals surface area contributed by atoms with Crippen LogP contribution in [0.15, 0.2) is 0 Å². The number of rotatable bonds is 5. The SMILES string of the molecule is CCC1(CNCc2nnc(C)n2C)CCC1. The molecule has 2 rings (SSSR count). The van der Waals surface area contributed by atoms with E-state index in [0.29, 0.717) is 5.41 Å². The Balaban J connectivity index is 1.82. The van der Waals surface area contributed by atoms with Gasteiger partial charge in [0, 0.05) is 13.6 Å². The van der Waals surface area contributed by atoms with E-state index in [-0.39, 0.29) is 0 Å². The van der Waals surface area contributed by atoms with E-state index in [4.69, 9.17) is 0 Å². The number of hydrogen-bond donors (Lipinski definition) is 1. The van der Waals surface area contributed by atoms with Gasteiger partial charge in [-0.05, 0) is 31.6 Å². The summed E-state index contributed by atoms with van der Waals surface area (Å²) in [5.41, 5.74) is 0.577. The maximum atomic E-state index is 4.16. The molecule has 0 unspecified atom stereocenters. The second-order valence-electron chi connectivity index (χ2n) is 5.03. The number of aryl methyl sites for hydroxylation is 1. The summed E-state index contributed by atoms with van der Waals surface area (Å²) < 4.78 is 2.05. The third-order valence-electron chi connectivity index (χ3n) is 4.13. The summed E-state index contributed by atoms with van der Waals surface area (Å²) in [6, 6.07) is 0. The van der Waals surface area contributed by atoms with Crippen molar-refractivity contribution in [1.29, 1.82) is 0 Å². The van der Waals surface area contributed by atoms with Gasteiger partial charge in [-0.3, -0.25) is 0 Å². The summed E-state index contributed by atoms with van der Waals surface area (Å²) in [7, 11) is 2.02. The second-order valence-corrected chi connectivity index (χ2v) is 5.03. The monoisotopic (exact) mass is 222 g/mol. The van der Waals surface area contributed by atoms with Crippen molar-refractivity contribution < 1.29 is 0 Å². The van der Waals surface area contributed by atoms with Crippen LogP contribution in [0.25, 0.3) is 0 Å². The van der Waals surface area contributed by atoms with E-state index in [1.807, 2.05) is 18.5 Å². The van der Waals surface area contributed by atoms with Crippen LogP contribution in [-0.4, -0.2) is 21.3 Å². The van der Waals surface area contributed by atoms with Crippen molar-refractivity contribution in [2.45, 2.75) is 46.1 Å². The lowest BCUT2D eigenvalue weighted by Crippen LogP contribution is -2.39. The zero-order chi connectivity index (χ0) is 11.6. The Morgan fingerprint density at radius 2 is 2.12 bits per heavy atom. The lowest BCUT2D eigenvalue weighted by Gasteiger charge is -2.41. The van der Waals surface area contributed by atoms with E-state index >= 15 is 0 Å². The molecule has 1 aliphatic carbocycles. The number of hydrogen-bond acceptors (Lipinski definition) is 3. The summed E-state index contributed by atoms with van der Waals surface area (Å²) in [5.74, 6) is 2.01. The molecule has 0 radical (unpaired) electrons. The van der Waals surface area contributed by atoms with E-state index in [9.17, 15) is 0 Å². The molecule has 1 heterocycles. The van der Waals surface area contributed by atoms with Crippen molar-refractivity contribution in [2.75, 3.05) is 6.54 Å². The highest BCUT2D eigenvalue weighted by Gasteiger charge is 2.34.